The molecule has 4 atom stereocenters. The number of fused-ring (bicyclic) bond motifs is 3. The Labute approximate surface area is 177 Å². The summed E-state index contributed by atoms with van der Waals surface area (Å²) >= 11 is 0. The molecule has 0 spiro atoms. The number of halogens is 3. The van der Waals surface area contributed by atoms with Crippen molar-refractivity contribution in [3.05, 3.63) is 35.4 Å². The van der Waals surface area contributed by atoms with Crippen LogP contribution >= 0.6 is 0 Å². The number of rotatable bonds is 8. The van der Waals surface area contributed by atoms with E-state index >= 15 is 0 Å². The average Bonchev–Trinajstić information content (AvgIpc) is 2.70. The first-order valence-electron chi connectivity index (χ1n) is 10.7. The Balaban J connectivity index is 1.47. The van der Waals surface area contributed by atoms with Gasteiger partial charge in [-0.05, 0) is 76.6 Å². The molecule has 4 rings (SSSR count). The molecule has 5 nitrogen and oxygen atoms in total. The van der Waals surface area contributed by atoms with Crippen molar-refractivity contribution in [1.29, 1.82) is 0 Å². The lowest BCUT2D eigenvalue weighted by atomic mass is 9.75. The van der Waals surface area contributed by atoms with Gasteiger partial charge in [-0.2, -0.15) is 13.2 Å². The van der Waals surface area contributed by atoms with Gasteiger partial charge in [0.1, 0.15) is 0 Å². The molecule has 1 amide bonds. The van der Waals surface area contributed by atoms with Crippen LogP contribution in [0, 0.1) is 11.8 Å². The summed E-state index contributed by atoms with van der Waals surface area (Å²) in [7, 11) is 6.36. The average molecular weight is 427 g/mol. The van der Waals surface area contributed by atoms with Gasteiger partial charge < -0.3 is 15.1 Å². The second-order valence-corrected chi connectivity index (χ2v) is 9.04. The summed E-state index contributed by atoms with van der Waals surface area (Å²) in [6.45, 7) is 5.86. The number of nitrogens with one attached hydrogen (secondary N) is 1. The second kappa shape index (κ2) is 9.66. The number of alkyl halides is 3. The van der Waals surface area contributed by atoms with E-state index in [2.05, 4.69) is 41.2 Å². The van der Waals surface area contributed by atoms with Gasteiger partial charge in [-0.3, -0.25) is 9.69 Å². The van der Waals surface area contributed by atoms with Gasteiger partial charge in [-0.15, -0.1) is 0 Å². The molecule has 1 aromatic carbocycles. The van der Waals surface area contributed by atoms with E-state index in [1.165, 1.54) is 18.6 Å². The molecule has 0 saturated carbocycles. The smallest absolute Gasteiger partial charge is 0.350 e. The lowest BCUT2D eigenvalue weighted by molar-refractivity contribution is -0.137. The molecule has 30 heavy (non-hydrogen) atoms. The summed E-state index contributed by atoms with van der Waals surface area (Å²) in [5.41, 5.74) is -0.476. The molecule has 8 heteroatoms. The highest BCUT2D eigenvalue weighted by molar-refractivity contribution is 5.94. The fourth-order valence-electron chi connectivity index (χ4n) is 4.65. The van der Waals surface area contributed by atoms with Crippen LogP contribution in [0.2, 0.25) is 0 Å². The van der Waals surface area contributed by atoms with Gasteiger partial charge in [-0.25, -0.2) is 0 Å². The molecule has 168 valence electrons. The number of nitrogens with zero attached hydrogens (tertiary/aromatic N) is 3. The minimum Gasteiger partial charge on any atom is -0.350 e. The molecule has 0 aromatic heterocycles. The number of carbonyl (C=O) groups excluding carboxylic acids is 1. The lowest BCUT2D eigenvalue weighted by Crippen LogP contribution is -2.58. The molecule has 3 saturated heterocycles. The van der Waals surface area contributed by atoms with E-state index in [1.54, 1.807) is 0 Å². The van der Waals surface area contributed by atoms with E-state index in [-0.39, 0.29) is 11.5 Å². The van der Waals surface area contributed by atoms with Crippen LogP contribution < -0.4 is 5.32 Å². The van der Waals surface area contributed by atoms with Gasteiger partial charge in [0.2, 0.25) is 0 Å². The zero-order valence-electron chi connectivity index (χ0n) is 18.1. The Hall–Kier alpha value is -1.64. The number of carbonyl (C=O) groups is 1. The minimum atomic E-state index is -4.39. The Morgan fingerprint density at radius 2 is 1.87 bits per heavy atom. The van der Waals surface area contributed by atoms with Crippen molar-refractivity contribution in [2.75, 3.05) is 60.4 Å². The molecule has 3 heterocycles. The molecule has 2 bridgehead atoms. The Morgan fingerprint density at radius 3 is 2.43 bits per heavy atom. The maximum atomic E-state index is 12.7. The van der Waals surface area contributed by atoms with Crippen molar-refractivity contribution < 1.29 is 18.0 Å². The molecule has 1 N–H and O–H groups in total. The molecule has 3 fully saturated rings. The van der Waals surface area contributed by atoms with Crippen molar-refractivity contribution in [3.8, 4) is 0 Å². The van der Waals surface area contributed by atoms with Crippen LogP contribution in [-0.4, -0.2) is 87.1 Å². The number of benzene rings is 1. The van der Waals surface area contributed by atoms with Crippen LogP contribution in [0.25, 0.3) is 0 Å². The van der Waals surface area contributed by atoms with Gasteiger partial charge in [0.15, 0.2) is 0 Å². The standard InChI is InChI=1S/C22H33F3N4O/c1-27(2)10-11-28(3)14-18-15-29-9-8-17(18)12-20(29)13-26-21(30)16-4-6-19(7-5-16)22(23,24)25/h4-7,17-18,20H,8-15H2,1-3H3,(H,26,30). The van der Waals surface area contributed by atoms with E-state index in [0.29, 0.717) is 24.4 Å². The first-order valence-corrected chi connectivity index (χ1v) is 10.7. The summed E-state index contributed by atoms with van der Waals surface area (Å²) in [4.78, 5) is 19.4. The summed E-state index contributed by atoms with van der Waals surface area (Å²) in [5.74, 6) is 1.02. The molecule has 4 unspecified atom stereocenters. The van der Waals surface area contributed by atoms with Gasteiger partial charge >= 0.3 is 6.18 Å². The quantitative estimate of drug-likeness (QED) is 0.694. The number of hydrogen-bond acceptors (Lipinski definition) is 4. The summed E-state index contributed by atoms with van der Waals surface area (Å²) in [6, 6.07) is 4.71. The largest absolute Gasteiger partial charge is 0.416 e. The maximum Gasteiger partial charge on any atom is 0.416 e. The molecular formula is C22H33F3N4O. The van der Waals surface area contributed by atoms with Crippen LogP contribution in [0.3, 0.4) is 0 Å². The third-order valence-corrected chi connectivity index (χ3v) is 6.46. The monoisotopic (exact) mass is 426 g/mol. The molecule has 1 aromatic rings. The van der Waals surface area contributed by atoms with Crippen molar-refractivity contribution in [1.82, 2.24) is 20.0 Å². The predicted molar refractivity (Wildman–Crippen MR) is 111 cm³/mol. The van der Waals surface area contributed by atoms with Crippen LogP contribution in [0.15, 0.2) is 24.3 Å². The summed E-state index contributed by atoms with van der Waals surface area (Å²) in [5, 5.41) is 2.92. The highest BCUT2D eigenvalue weighted by Gasteiger charge is 2.40. The number of hydrogen-bond donors (Lipinski definition) is 1. The van der Waals surface area contributed by atoms with E-state index in [9.17, 15) is 18.0 Å². The van der Waals surface area contributed by atoms with Crippen molar-refractivity contribution in [2.24, 2.45) is 11.8 Å². The van der Waals surface area contributed by atoms with Crippen LogP contribution in [-0.2, 0) is 6.18 Å². The highest BCUT2D eigenvalue weighted by Crippen LogP contribution is 2.36. The molecule has 0 aliphatic carbocycles. The first kappa shape index (κ1) is 23.0. The van der Waals surface area contributed by atoms with E-state index in [0.717, 1.165) is 51.3 Å². The van der Waals surface area contributed by atoms with Gasteiger partial charge in [0, 0.05) is 44.3 Å². The molecule has 0 radical (unpaired) electrons. The molecule has 3 aliphatic heterocycles. The SMILES string of the molecule is CN(C)CCN(C)CC1CN2CCC1CC2CNC(=O)c1ccc(C(F)(F)F)cc1. The highest BCUT2D eigenvalue weighted by atomic mass is 19.4. The normalized spacial score (nSPS) is 26.4. The Kier molecular flexibility index (Phi) is 7.42. The lowest BCUT2D eigenvalue weighted by Gasteiger charge is -2.50. The number of likely N-dealkylation sites (N-methyl/N-ethyl adjacent to an activating group) is 2. The van der Waals surface area contributed by atoms with Gasteiger partial charge in [0.25, 0.3) is 5.91 Å². The maximum absolute atomic E-state index is 12.7. The van der Waals surface area contributed by atoms with Crippen molar-refractivity contribution in [2.45, 2.75) is 25.1 Å². The zero-order chi connectivity index (χ0) is 21.9. The molecule has 3 aliphatic rings. The van der Waals surface area contributed by atoms with Crippen molar-refractivity contribution in [3.63, 3.8) is 0 Å². The van der Waals surface area contributed by atoms with Crippen LogP contribution in [0.1, 0.15) is 28.8 Å². The van der Waals surface area contributed by atoms with Gasteiger partial charge in [0.05, 0.1) is 5.56 Å². The first-order chi connectivity index (χ1) is 14.1. The third kappa shape index (κ3) is 5.95. The number of piperidine rings is 3. The predicted octanol–water partition coefficient (Wildman–Crippen LogP) is 2.64. The van der Waals surface area contributed by atoms with E-state index < -0.39 is 11.7 Å². The summed E-state index contributed by atoms with van der Waals surface area (Å²) in [6.07, 6.45) is -2.12. The summed E-state index contributed by atoms with van der Waals surface area (Å²) < 4.78 is 38.0. The Bertz CT molecular complexity index is 707. The number of amides is 1. The fourth-order valence-corrected chi connectivity index (χ4v) is 4.65. The van der Waals surface area contributed by atoms with Crippen LogP contribution in [0.5, 0.6) is 0 Å². The minimum absolute atomic E-state index is 0.263. The Morgan fingerprint density at radius 1 is 1.17 bits per heavy atom. The zero-order valence-corrected chi connectivity index (χ0v) is 18.1. The van der Waals surface area contributed by atoms with E-state index in [4.69, 9.17) is 0 Å². The van der Waals surface area contributed by atoms with Crippen LogP contribution in [0.4, 0.5) is 13.2 Å². The third-order valence-electron chi connectivity index (χ3n) is 6.46. The molecular weight excluding hydrogens is 393 g/mol. The fraction of sp³-hybridized carbons (Fsp3) is 0.682. The second-order valence-electron chi connectivity index (χ2n) is 9.04. The van der Waals surface area contributed by atoms with Gasteiger partial charge in [-0.1, -0.05) is 0 Å². The van der Waals surface area contributed by atoms with Crippen molar-refractivity contribution >= 4 is 5.91 Å². The topological polar surface area (TPSA) is 38.8 Å². The van der Waals surface area contributed by atoms with E-state index in [1.807, 2.05) is 0 Å².